The third kappa shape index (κ3) is 40.6. The second-order valence-electron chi connectivity index (χ2n) is 16.8. The van der Waals surface area contributed by atoms with Crippen molar-refractivity contribution in [2.24, 2.45) is 0 Å². The van der Waals surface area contributed by atoms with Crippen LogP contribution in [0.3, 0.4) is 0 Å². The topological polar surface area (TPSA) is 95.9 Å². The van der Waals surface area contributed by atoms with Crippen molar-refractivity contribution in [1.29, 1.82) is 0 Å². The number of carbonyl (C=O) groups is 2. The molecule has 0 aromatic rings. The number of hydrogen-bond donors (Lipinski definition) is 3. The standard InChI is InChI=1S/C51H95NO5/c1-4-7-10-13-16-19-22-25-26-28-31-34-37-40-43-49(54)48(46-53)52-50(55)45-47(42-39-36-33-30-27-23-20-17-14-11-8-5-2)57-51(56)44-41-38-35-32-29-24-21-18-15-12-9-6-3/h8,11,17,20,27,30,47-49,53-54H,4-7,9-10,12-16,18-19,21-26,28-29,31-46H2,1-3H3,(H,52,55)/b11-8+,20-17+,30-27+. The van der Waals surface area contributed by atoms with Crippen LogP contribution < -0.4 is 5.32 Å². The van der Waals surface area contributed by atoms with Crippen molar-refractivity contribution in [2.75, 3.05) is 6.61 Å². The summed E-state index contributed by atoms with van der Waals surface area (Å²) in [6, 6.07) is -0.710. The Kier molecular flexibility index (Phi) is 43.6. The van der Waals surface area contributed by atoms with Gasteiger partial charge >= 0.3 is 5.97 Å². The Hall–Kier alpha value is -1.92. The average Bonchev–Trinajstić information content (AvgIpc) is 3.20. The predicted molar refractivity (Wildman–Crippen MR) is 246 cm³/mol. The smallest absolute Gasteiger partial charge is 0.306 e. The molecule has 0 bridgehead atoms. The summed E-state index contributed by atoms with van der Waals surface area (Å²) in [5, 5.41) is 23.7. The lowest BCUT2D eigenvalue weighted by molar-refractivity contribution is -0.151. The van der Waals surface area contributed by atoms with Crippen LogP contribution in [0.5, 0.6) is 0 Å². The minimum absolute atomic E-state index is 0.0549. The summed E-state index contributed by atoms with van der Waals surface area (Å²) in [6.45, 7) is 6.36. The maximum absolute atomic E-state index is 13.2. The molecule has 0 saturated heterocycles. The van der Waals surface area contributed by atoms with Crippen molar-refractivity contribution < 1.29 is 24.5 Å². The van der Waals surface area contributed by atoms with Crippen LogP contribution in [0.15, 0.2) is 36.5 Å². The molecule has 0 rings (SSSR count). The lowest BCUT2D eigenvalue weighted by atomic mass is 10.0. The van der Waals surface area contributed by atoms with Crippen LogP contribution in [0.1, 0.15) is 252 Å². The fourth-order valence-electron chi connectivity index (χ4n) is 7.50. The molecule has 334 valence electrons. The van der Waals surface area contributed by atoms with Gasteiger partial charge in [-0.2, -0.15) is 0 Å². The SMILES string of the molecule is CC/C=C/C/C=C/C/C=C/CCCCC(CC(=O)NC(CO)C(O)CCCCCCCCCCCCCCCC)OC(=O)CCCCCCCCCCCCCC. The van der Waals surface area contributed by atoms with Gasteiger partial charge in [-0.3, -0.25) is 9.59 Å². The van der Waals surface area contributed by atoms with Crippen LogP contribution in [-0.2, 0) is 14.3 Å². The van der Waals surface area contributed by atoms with E-state index in [2.05, 4.69) is 62.5 Å². The normalized spacial score (nSPS) is 13.6. The first kappa shape index (κ1) is 55.1. The van der Waals surface area contributed by atoms with Gasteiger partial charge in [0.1, 0.15) is 6.10 Å². The monoisotopic (exact) mass is 802 g/mol. The van der Waals surface area contributed by atoms with E-state index in [-0.39, 0.29) is 24.9 Å². The van der Waals surface area contributed by atoms with E-state index in [1.54, 1.807) is 0 Å². The molecule has 0 radical (unpaired) electrons. The highest BCUT2D eigenvalue weighted by Crippen LogP contribution is 2.17. The van der Waals surface area contributed by atoms with Gasteiger partial charge in [-0.1, -0.05) is 218 Å². The van der Waals surface area contributed by atoms with E-state index in [1.165, 1.54) is 128 Å². The highest BCUT2D eigenvalue weighted by molar-refractivity contribution is 5.77. The summed E-state index contributed by atoms with van der Waals surface area (Å²) in [5.41, 5.74) is 0. The Bertz CT molecular complexity index is 946. The maximum Gasteiger partial charge on any atom is 0.306 e. The molecule has 0 spiro atoms. The lowest BCUT2D eigenvalue weighted by Gasteiger charge is -2.24. The van der Waals surface area contributed by atoms with E-state index < -0.39 is 18.2 Å². The van der Waals surface area contributed by atoms with Gasteiger partial charge in [0.2, 0.25) is 5.91 Å². The molecule has 6 nitrogen and oxygen atoms in total. The maximum atomic E-state index is 13.2. The molecule has 0 aliphatic carbocycles. The van der Waals surface area contributed by atoms with Gasteiger partial charge in [-0.15, -0.1) is 0 Å². The lowest BCUT2D eigenvalue weighted by Crippen LogP contribution is -2.46. The molecule has 3 atom stereocenters. The van der Waals surface area contributed by atoms with Gasteiger partial charge in [0.15, 0.2) is 0 Å². The van der Waals surface area contributed by atoms with Gasteiger partial charge in [0.25, 0.3) is 0 Å². The largest absolute Gasteiger partial charge is 0.462 e. The number of carbonyl (C=O) groups excluding carboxylic acids is 2. The Morgan fingerprint density at radius 1 is 0.526 bits per heavy atom. The van der Waals surface area contributed by atoms with Crippen molar-refractivity contribution in [3.8, 4) is 0 Å². The zero-order valence-corrected chi connectivity index (χ0v) is 38.0. The zero-order chi connectivity index (χ0) is 41.7. The second-order valence-corrected chi connectivity index (χ2v) is 16.8. The van der Waals surface area contributed by atoms with E-state index in [0.29, 0.717) is 19.3 Å². The molecule has 0 fully saturated rings. The first-order chi connectivity index (χ1) is 28.0. The zero-order valence-electron chi connectivity index (χ0n) is 38.0. The highest BCUT2D eigenvalue weighted by atomic mass is 16.5. The van der Waals surface area contributed by atoms with E-state index in [9.17, 15) is 19.8 Å². The van der Waals surface area contributed by atoms with Crippen LogP contribution in [0.2, 0.25) is 0 Å². The molecule has 57 heavy (non-hydrogen) atoms. The second kappa shape index (κ2) is 45.2. The number of aliphatic hydroxyl groups is 2. The number of allylic oxidation sites excluding steroid dienone is 6. The molecule has 0 saturated carbocycles. The summed E-state index contributed by atoms with van der Waals surface area (Å²) in [5.74, 6) is -0.505. The molecule has 6 heteroatoms. The Balaban J connectivity index is 4.58. The van der Waals surface area contributed by atoms with Crippen LogP contribution in [-0.4, -0.2) is 46.9 Å². The van der Waals surface area contributed by atoms with Gasteiger partial charge in [-0.25, -0.2) is 0 Å². The van der Waals surface area contributed by atoms with Crippen LogP contribution >= 0.6 is 0 Å². The fraction of sp³-hybridized carbons (Fsp3) is 0.843. The number of ether oxygens (including phenoxy) is 1. The number of rotatable bonds is 44. The average molecular weight is 802 g/mol. The summed E-state index contributed by atoms with van der Waals surface area (Å²) in [6.07, 6.45) is 52.0. The van der Waals surface area contributed by atoms with Gasteiger partial charge < -0.3 is 20.3 Å². The summed E-state index contributed by atoms with van der Waals surface area (Å²) < 4.78 is 5.90. The van der Waals surface area contributed by atoms with Gasteiger partial charge in [0.05, 0.1) is 25.2 Å². The van der Waals surface area contributed by atoms with Crippen LogP contribution in [0.25, 0.3) is 0 Å². The van der Waals surface area contributed by atoms with Crippen LogP contribution in [0, 0.1) is 0 Å². The van der Waals surface area contributed by atoms with Gasteiger partial charge in [-0.05, 0) is 57.8 Å². The molecule has 0 heterocycles. The molecule has 1 amide bonds. The Morgan fingerprint density at radius 3 is 1.42 bits per heavy atom. The van der Waals surface area contributed by atoms with Crippen LogP contribution in [0.4, 0.5) is 0 Å². The van der Waals surface area contributed by atoms with Crippen molar-refractivity contribution >= 4 is 11.9 Å². The number of esters is 1. The molecule has 0 aliphatic heterocycles. The minimum atomic E-state index is -0.794. The van der Waals surface area contributed by atoms with Crippen molar-refractivity contribution in [3.05, 3.63) is 36.5 Å². The van der Waals surface area contributed by atoms with Crippen molar-refractivity contribution in [2.45, 2.75) is 270 Å². The quantitative estimate of drug-likeness (QED) is 0.0324. The Labute approximate surface area is 353 Å². The molecule has 3 unspecified atom stereocenters. The van der Waals surface area contributed by atoms with Crippen molar-refractivity contribution in [1.82, 2.24) is 5.32 Å². The summed E-state index contributed by atoms with van der Waals surface area (Å²) >= 11 is 0. The first-order valence-corrected chi connectivity index (χ1v) is 24.7. The minimum Gasteiger partial charge on any atom is -0.462 e. The van der Waals surface area contributed by atoms with Gasteiger partial charge in [0, 0.05) is 6.42 Å². The molecule has 0 aromatic heterocycles. The molecule has 0 aliphatic rings. The number of aliphatic hydroxyl groups excluding tert-OH is 2. The van der Waals surface area contributed by atoms with E-state index in [4.69, 9.17) is 4.74 Å². The predicted octanol–water partition coefficient (Wildman–Crippen LogP) is 14.5. The van der Waals surface area contributed by atoms with E-state index >= 15 is 0 Å². The van der Waals surface area contributed by atoms with E-state index in [0.717, 1.165) is 77.0 Å². The molecular weight excluding hydrogens is 707 g/mol. The fourth-order valence-corrected chi connectivity index (χ4v) is 7.50. The molecule has 3 N–H and O–H groups in total. The molecular formula is C51H95NO5. The number of unbranched alkanes of at least 4 members (excludes halogenated alkanes) is 26. The third-order valence-electron chi connectivity index (χ3n) is 11.2. The third-order valence-corrected chi connectivity index (χ3v) is 11.2. The highest BCUT2D eigenvalue weighted by Gasteiger charge is 2.24. The summed E-state index contributed by atoms with van der Waals surface area (Å²) in [4.78, 5) is 26.0. The first-order valence-electron chi connectivity index (χ1n) is 24.7. The number of nitrogens with one attached hydrogen (secondary N) is 1. The van der Waals surface area contributed by atoms with Crippen molar-refractivity contribution in [3.63, 3.8) is 0 Å². The summed E-state index contributed by atoms with van der Waals surface area (Å²) in [7, 11) is 0. The number of amides is 1. The molecule has 0 aromatic carbocycles. The van der Waals surface area contributed by atoms with E-state index in [1.807, 2.05) is 0 Å². The Morgan fingerprint density at radius 2 is 0.947 bits per heavy atom. The number of hydrogen-bond acceptors (Lipinski definition) is 5.